The summed E-state index contributed by atoms with van der Waals surface area (Å²) in [5, 5.41) is 0. The van der Waals surface area contributed by atoms with Crippen LogP contribution in [0.25, 0.3) is 0 Å². The Balaban J connectivity index is 3.05. The van der Waals surface area contributed by atoms with Crippen molar-refractivity contribution in [3.05, 3.63) is 0 Å². The number of ether oxygens (including phenoxy) is 11. The monoisotopic (exact) mass is 809 g/mol. The fourth-order valence-corrected chi connectivity index (χ4v) is 5.86. The van der Waals surface area contributed by atoms with Crippen molar-refractivity contribution in [2.45, 2.75) is 149 Å². The molecular weight excluding hydrogens is 716 g/mol. The lowest BCUT2D eigenvalue weighted by Crippen LogP contribution is -2.15. The van der Waals surface area contributed by atoms with Gasteiger partial charge >= 0.3 is 0 Å². The Kier molecular flexibility index (Phi) is 54.1. The summed E-state index contributed by atoms with van der Waals surface area (Å²) in [6.07, 6.45) is 28.4. The largest absolute Gasteiger partial charge is 0.379 e. The molecule has 0 fully saturated rings. The third-order valence-electron chi connectivity index (χ3n) is 9.25. The SMILES string of the molecule is CCCCCCCCCCCCCCCOCCOCCOCCOCCOCCOCCOCCOCCOCCOCCOCCCCCCCCCC. The minimum Gasteiger partial charge on any atom is -0.379 e. The molecule has 11 heteroatoms. The predicted octanol–water partition coefficient (Wildman–Crippen LogP) is 9.40. The molecule has 0 unspecified atom stereocenters. The Labute approximate surface area is 345 Å². The van der Waals surface area contributed by atoms with Gasteiger partial charge in [0.25, 0.3) is 0 Å². The first-order valence-corrected chi connectivity index (χ1v) is 23.3. The van der Waals surface area contributed by atoms with Crippen molar-refractivity contribution in [3.63, 3.8) is 0 Å². The normalized spacial score (nSPS) is 11.7. The van der Waals surface area contributed by atoms with Gasteiger partial charge in [0.05, 0.1) is 132 Å². The minimum absolute atomic E-state index is 0.529. The van der Waals surface area contributed by atoms with Gasteiger partial charge in [-0.15, -0.1) is 0 Å². The van der Waals surface area contributed by atoms with E-state index in [-0.39, 0.29) is 0 Å². The Bertz CT molecular complexity index is 608. The minimum atomic E-state index is 0.529. The van der Waals surface area contributed by atoms with Crippen molar-refractivity contribution >= 4 is 0 Å². The van der Waals surface area contributed by atoms with Gasteiger partial charge in [-0.05, 0) is 12.8 Å². The molecule has 0 aliphatic heterocycles. The fraction of sp³-hybridized carbons (Fsp3) is 1.00. The Morgan fingerprint density at radius 3 is 0.429 bits per heavy atom. The highest BCUT2D eigenvalue weighted by atomic mass is 16.6. The van der Waals surface area contributed by atoms with E-state index in [1.54, 1.807) is 0 Å². The summed E-state index contributed by atoms with van der Waals surface area (Å²) in [6, 6.07) is 0. The molecule has 0 aromatic rings. The van der Waals surface area contributed by atoms with E-state index in [2.05, 4.69) is 13.8 Å². The van der Waals surface area contributed by atoms with Crippen LogP contribution >= 0.6 is 0 Å². The second-order valence-electron chi connectivity index (χ2n) is 14.5. The van der Waals surface area contributed by atoms with E-state index < -0.39 is 0 Å². The highest BCUT2D eigenvalue weighted by Gasteiger charge is 1.98. The second kappa shape index (κ2) is 54.6. The zero-order chi connectivity index (χ0) is 40.2. The Morgan fingerprint density at radius 2 is 0.268 bits per heavy atom. The van der Waals surface area contributed by atoms with Crippen LogP contribution in [0.4, 0.5) is 0 Å². The van der Waals surface area contributed by atoms with Crippen LogP contribution in [0.1, 0.15) is 149 Å². The van der Waals surface area contributed by atoms with Crippen molar-refractivity contribution in [1.82, 2.24) is 0 Å². The molecule has 0 saturated carbocycles. The average molecular weight is 809 g/mol. The fourth-order valence-electron chi connectivity index (χ4n) is 5.86. The van der Waals surface area contributed by atoms with Gasteiger partial charge in [-0.2, -0.15) is 0 Å². The van der Waals surface area contributed by atoms with E-state index in [9.17, 15) is 0 Å². The summed E-state index contributed by atoms with van der Waals surface area (Å²) in [4.78, 5) is 0. The maximum atomic E-state index is 5.69. The van der Waals surface area contributed by atoms with Gasteiger partial charge in [-0.1, -0.05) is 136 Å². The van der Waals surface area contributed by atoms with Gasteiger partial charge in [-0.3, -0.25) is 0 Å². The molecule has 0 N–H and O–H groups in total. The molecule has 0 aromatic heterocycles. The summed E-state index contributed by atoms with van der Waals surface area (Å²) in [5.41, 5.74) is 0. The topological polar surface area (TPSA) is 102 Å². The predicted molar refractivity (Wildman–Crippen MR) is 227 cm³/mol. The lowest BCUT2D eigenvalue weighted by Gasteiger charge is -2.09. The van der Waals surface area contributed by atoms with E-state index >= 15 is 0 Å². The first-order valence-electron chi connectivity index (χ1n) is 23.3. The van der Waals surface area contributed by atoms with Gasteiger partial charge in [0.1, 0.15) is 0 Å². The van der Waals surface area contributed by atoms with Crippen LogP contribution in [-0.2, 0) is 52.1 Å². The van der Waals surface area contributed by atoms with Crippen LogP contribution < -0.4 is 0 Å². The molecule has 0 bridgehead atoms. The molecule has 0 spiro atoms. The molecule has 11 nitrogen and oxygen atoms in total. The molecule has 0 rings (SSSR count). The molecule has 0 radical (unpaired) electrons. The first kappa shape index (κ1) is 55.6. The quantitative estimate of drug-likeness (QED) is 0.0550. The maximum absolute atomic E-state index is 5.69. The molecule has 0 atom stereocenters. The van der Waals surface area contributed by atoms with Crippen molar-refractivity contribution in [2.24, 2.45) is 0 Å². The van der Waals surface area contributed by atoms with E-state index in [1.807, 2.05) is 0 Å². The van der Waals surface area contributed by atoms with Crippen LogP contribution in [0.15, 0.2) is 0 Å². The molecule has 338 valence electrons. The van der Waals surface area contributed by atoms with Crippen LogP contribution in [0.5, 0.6) is 0 Å². The maximum Gasteiger partial charge on any atom is 0.0701 e. The number of unbranched alkanes of at least 4 members (excludes halogenated alkanes) is 19. The highest BCUT2D eigenvalue weighted by Crippen LogP contribution is 2.12. The average Bonchev–Trinajstić information content (AvgIpc) is 3.21. The lowest BCUT2D eigenvalue weighted by atomic mass is 10.0. The second-order valence-corrected chi connectivity index (χ2v) is 14.5. The van der Waals surface area contributed by atoms with Gasteiger partial charge < -0.3 is 52.1 Å². The smallest absolute Gasteiger partial charge is 0.0701 e. The molecule has 0 aromatic carbocycles. The molecule has 0 aliphatic carbocycles. The van der Waals surface area contributed by atoms with Crippen molar-refractivity contribution in [1.29, 1.82) is 0 Å². The number of hydrogen-bond acceptors (Lipinski definition) is 11. The molecule has 0 saturated heterocycles. The van der Waals surface area contributed by atoms with Gasteiger partial charge in [0, 0.05) is 13.2 Å². The summed E-state index contributed by atoms with van der Waals surface area (Å²) in [6.45, 7) is 17.5. The highest BCUT2D eigenvalue weighted by molar-refractivity contribution is 4.50. The van der Waals surface area contributed by atoms with Crippen molar-refractivity contribution in [2.75, 3.05) is 145 Å². The number of rotatable bonds is 53. The summed E-state index contributed by atoms with van der Waals surface area (Å²) < 4.78 is 61.2. The summed E-state index contributed by atoms with van der Waals surface area (Å²) in [5.74, 6) is 0. The van der Waals surface area contributed by atoms with Gasteiger partial charge in [-0.25, -0.2) is 0 Å². The Hall–Kier alpha value is -0.440. The van der Waals surface area contributed by atoms with E-state index in [0.717, 1.165) is 26.1 Å². The number of hydrogen-bond donors (Lipinski definition) is 0. The van der Waals surface area contributed by atoms with Crippen LogP contribution in [0.2, 0.25) is 0 Å². The third-order valence-corrected chi connectivity index (χ3v) is 9.25. The molecule has 0 aliphatic rings. The van der Waals surface area contributed by atoms with E-state index in [4.69, 9.17) is 52.1 Å². The zero-order valence-corrected chi connectivity index (χ0v) is 36.9. The van der Waals surface area contributed by atoms with E-state index in [1.165, 1.54) is 122 Å². The van der Waals surface area contributed by atoms with Crippen LogP contribution in [0, 0.1) is 0 Å². The summed E-state index contributed by atoms with van der Waals surface area (Å²) >= 11 is 0. The van der Waals surface area contributed by atoms with Gasteiger partial charge in [0.2, 0.25) is 0 Å². The molecule has 0 heterocycles. The molecular formula is C45H92O11. The standard InChI is InChI=1S/C45H92O11/c1-3-5-7-9-11-13-14-15-16-17-19-21-23-25-47-27-29-49-31-33-51-35-37-53-39-41-55-43-45-56-44-42-54-40-38-52-36-34-50-32-30-48-28-26-46-24-22-20-18-12-10-8-6-4-2/h3-45H2,1-2H3. The third kappa shape index (κ3) is 53.6. The van der Waals surface area contributed by atoms with Crippen molar-refractivity contribution in [3.8, 4) is 0 Å². The van der Waals surface area contributed by atoms with Crippen molar-refractivity contribution < 1.29 is 52.1 Å². The molecule has 56 heavy (non-hydrogen) atoms. The first-order chi connectivity index (χ1) is 27.9. The Morgan fingerprint density at radius 1 is 0.143 bits per heavy atom. The van der Waals surface area contributed by atoms with Gasteiger partial charge in [0.15, 0.2) is 0 Å². The van der Waals surface area contributed by atoms with E-state index in [0.29, 0.717) is 132 Å². The van der Waals surface area contributed by atoms with Crippen LogP contribution in [-0.4, -0.2) is 145 Å². The van der Waals surface area contributed by atoms with Crippen LogP contribution in [0.3, 0.4) is 0 Å². The zero-order valence-electron chi connectivity index (χ0n) is 36.9. The molecule has 0 amide bonds. The summed E-state index contributed by atoms with van der Waals surface area (Å²) in [7, 11) is 0. The lowest BCUT2D eigenvalue weighted by molar-refractivity contribution is -0.0275.